The molecule has 0 aliphatic carbocycles. The highest BCUT2D eigenvalue weighted by atomic mass is 16.5. The van der Waals surface area contributed by atoms with Gasteiger partial charge in [-0.1, -0.05) is 0 Å². The zero-order chi connectivity index (χ0) is 10.7. The molecule has 2 atom stereocenters. The summed E-state index contributed by atoms with van der Waals surface area (Å²) in [7, 11) is 2.00. The van der Waals surface area contributed by atoms with Crippen LogP contribution >= 0.6 is 0 Å². The maximum atomic E-state index is 5.85. The number of ether oxygens (including phenoxy) is 1. The molecule has 3 nitrogen and oxygen atoms in total. The Labute approximate surface area is 90.8 Å². The van der Waals surface area contributed by atoms with Crippen LogP contribution in [0.15, 0.2) is 23.0 Å². The van der Waals surface area contributed by atoms with Crippen molar-refractivity contribution >= 4 is 0 Å². The highest BCUT2D eigenvalue weighted by molar-refractivity contribution is 5.10. The van der Waals surface area contributed by atoms with Gasteiger partial charge in [-0.2, -0.15) is 0 Å². The molecule has 0 radical (unpaired) electrons. The van der Waals surface area contributed by atoms with Gasteiger partial charge >= 0.3 is 0 Å². The molecule has 0 spiro atoms. The molecule has 0 saturated carbocycles. The van der Waals surface area contributed by atoms with Gasteiger partial charge in [0.1, 0.15) is 0 Å². The zero-order valence-electron chi connectivity index (χ0n) is 9.45. The maximum absolute atomic E-state index is 5.85. The average Bonchev–Trinajstić information content (AvgIpc) is 2.85. The van der Waals surface area contributed by atoms with Gasteiger partial charge in [0, 0.05) is 12.6 Å². The van der Waals surface area contributed by atoms with Crippen molar-refractivity contribution in [1.82, 2.24) is 5.32 Å². The molecule has 1 fully saturated rings. The average molecular weight is 209 g/mol. The number of furan rings is 1. The van der Waals surface area contributed by atoms with Crippen molar-refractivity contribution in [2.75, 3.05) is 13.7 Å². The summed E-state index contributed by atoms with van der Waals surface area (Å²) in [5.41, 5.74) is 1.21. The smallest absolute Gasteiger partial charge is 0.0935 e. The van der Waals surface area contributed by atoms with Crippen LogP contribution in [-0.2, 0) is 11.2 Å². The van der Waals surface area contributed by atoms with Crippen LogP contribution in [0, 0.1) is 0 Å². The molecule has 84 valence electrons. The van der Waals surface area contributed by atoms with Crippen LogP contribution in [0.3, 0.4) is 0 Å². The van der Waals surface area contributed by atoms with E-state index in [-0.39, 0.29) is 5.60 Å². The van der Waals surface area contributed by atoms with E-state index in [0.717, 1.165) is 19.4 Å². The molecule has 1 aliphatic heterocycles. The third kappa shape index (κ3) is 2.24. The monoisotopic (exact) mass is 209 g/mol. The number of hydrogen-bond acceptors (Lipinski definition) is 3. The summed E-state index contributed by atoms with van der Waals surface area (Å²) in [4.78, 5) is 0. The maximum Gasteiger partial charge on any atom is 0.0935 e. The molecular weight excluding hydrogens is 190 g/mol. The fourth-order valence-electron chi connectivity index (χ4n) is 2.34. The Morgan fingerprint density at radius 3 is 3.00 bits per heavy atom. The Morgan fingerprint density at radius 1 is 1.60 bits per heavy atom. The van der Waals surface area contributed by atoms with E-state index in [1.54, 1.807) is 6.26 Å². The molecule has 1 saturated heterocycles. The minimum Gasteiger partial charge on any atom is -0.472 e. The van der Waals surface area contributed by atoms with E-state index < -0.39 is 0 Å². The number of hydrogen-bond donors (Lipinski definition) is 1. The normalized spacial score (nSPS) is 28.1. The van der Waals surface area contributed by atoms with Gasteiger partial charge in [-0.05, 0) is 44.9 Å². The van der Waals surface area contributed by atoms with E-state index in [2.05, 4.69) is 12.2 Å². The summed E-state index contributed by atoms with van der Waals surface area (Å²) in [5.74, 6) is 0. The van der Waals surface area contributed by atoms with Gasteiger partial charge in [-0.25, -0.2) is 0 Å². The molecule has 3 heteroatoms. The van der Waals surface area contributed by atoms with Crippen molar-refractivity contribution in [2.45, 2.75) is 37.8 Å². The molecule has 0 bridgehead atoms. The highest BCUT2D eigenvalue weighted by Gasteiger charge is 2.37. The van der Waals surface area contributed by atoms with E-state index in [9.17, 15) is 0 Å². The van der Waals surface area contributed by atoms with Gasteiger partial charge in [-0.3, -0.25) is 0 Å². The van der Waals surface area contributed by atoms with Crippen molar-refractivity contribution in [3.05, 3.63) is 24.2 Å². The SMILES string of the molecule is CNC(Cc1ccoc1)C1(C)CCCO1. The molecule has 1 aromatic heterocycles. The fourth-order valence-corrected chi connectivity index (χ4v) is 2.34. The van der Waals surface area contributed by atoms with Crippen molar-refractivity contribution in [2.24, 2.45) is 0 Å². The molecule has 2 unspecified atom stereocenters. The van der Waals surface area contributed by atoms with Crippen LogP contribution in [0.25, 0.3) is 0 Å². The Hall–Kier alpha value is -0.800. The number of rotatable bonds is 4. The molecular formula is C12H19NO2. The predicted molar refractivity (Wildman–Crippen MR) is 58.9 cm³/mol. The molecule has 0 amide bonds. The van der Waals surface area contributed by atoms with Crippen LogP contribution < -0.4 is 5.32 Å². The summed E-state index contributed by atoms with van der Waals surface area (Å²) in [5, 5.41) is 3.36. The Balaban J connectivity index is 2.03. The van der Waals surface area contributed by atoms with Crippen LogP contribution in [0.2, 0.25) is 0 Å². The minimum atomic E-state index is -0.0218. The van der Waals surface area contributed by atoms with Crippen molar-refractivity contribution in [1.29, 1.82) is 0 Å². The summed E-state index contributed by atoms with van der Waals surface area (Å²) in [6.07, 6.45) is 6.79. The fraction of sp³-hybridized carbons (Fsp3) is 0.667. The van der Waals surface area contributed by atoms with Gasteiger partial charge < -0.3 is 14.5 Å². The van der Waals surface area contributed by atoms with E-state index >= 15 is 0 Å². The lowest BCUT2D eigenvalue weighted by atomic mass is 9.89. The van der Waals surface area contributed by atoms with Gasteiger partial charge in [0.15, 0.2) is 0 Å². The third-order valence-electron chi connectivity index (χ3n) is 3.35. The molecule has 1 aliphatic rings. The quantitative estimate of drug-likeness (QED) is 0.823. The first-order valence-corrected chi connectivity index (χ1v) is 5.57. The molecule has 1 aromatic rings. The minimum absolute atomic E-state index is 0.0218. The molecule has 15 heavy (non-hydrogen) atoms. The zero-order valence-corrected chi connectivity index (χ0v) is 9.45. The van der Waals surface area contributed by atoms with Gasteiger partial charge in [-0.15, -0.1) is 0 Å². The first-order chi connectivity index (χ1) is 7.24. The van der Waals surface area contributed by atoms with Crippen molar-refractivity contribution in [3.63, 3.8) is 0 Å². The second kappa shape index (κ2) is 4.37. The first kappa shape index (κ1) is 10.7. The molecule has 1 N–H and O–H groups in total. The lowest BCUT2D eigenvalue weighted by molar-refractivity contribution is -0.00946. The largest absolute Gasteiger partial charge is 0.472 e. The van der Waals surface area contributed by atoms with Crippen molar-refractivity contribution < 1.29 is 9.15 Å². The Kier molecular flexibility index (Phi) is 3.12. The van der Waals surface area contributed by atoms with E-state index in [0.29, 0.717) is 6.04 Å². The molecule has 0 aromatic carbocycles. The lowest BCUT2D eigenvalue weighted by Gasteiger charge is -2.33. The topological polar surface area (TPSA) is 34.4 Å². The second-order valence-corrected chi connectivity index (χ2v) is 4.44. The van der Waals surface area contributed by atoms with Crippen LogP contribution in [-0.4, -0.2) is 25.3 Å². The molecule has 2 heterocycles. The van der Waals surface area contributed by atoms with Gasteiger partial charge in [0.25, 0.3) is 0 Å². The van der Waals surface area contributed by atoms with Crippen LogP contribution in [0.5, 0.6) is 0 Å². The van der Waals surface area contributed by atoms with E-state index in [4.69, 9.17) is 9.15 Å². The van der Waals surface area contributed by atoms with Gasteiger partial charge in [0.05, 0.1) is 18.1 Å². The second-order valence-electron chi connectivity index (χ2n) is 4.44. The summed E-state index contributed by atoms with van der Waals surface area (Å²) >= 11 is 0. The predicted octanol–water partition coefficient (Wildman–Crippen LogP) is 1.98. The van der Waals surface area contributed by atoms with Crippen LogP contribution in [0.4, 0.5) is 0 Å². The Bertz CT molecular complexity index is 289. The molecule has 2 rings (SSSR count). The summed E-state index contributed by atoms with van der Waals surface area (Å²) < 4.78 is 10.9. The summed E-state index contributed by atoms with van der Waals surface area (Å²) in [6.45, 7) is 3.08. The lowest BCUT2D eigenvalue weighted by Crippen LogP contribution is -2.48. The number of likely N-dealkylation sites (N-methyl/N-ethyl adjacent to an activating group) is 1. The van der Waals surface area contributed by atoms with Crippen molar-refractivity contribution in [3.8, 4) is 0 Å². The Morgan fingerprint density at radius 2 is 2.47 bits per heavy atom. The van der Waals surface area contributed by atoms with Crippen LogP contribution in [0.1, 0.15) is 25.3 Å². The third-order valence-corrected chi connectivity index (χ3v) is 3.35. The first-order valence-electron chi connectivity index (χ1n) is 5.57. The van der Waals surface area contributed by atoms with E-state index in [1.807, 2.05) is 19.4 Å². The standard InChI is InChI=1S/C12H19NO2/c1-12(5-3-6-15-12)11(13-2)8-10-4-7-14-9-10/h4,7,9,11,13H,3,5-6,8H2,1-2H3. The van der Waals surface area contributed by atoms with E-state index in [1.165, 1.54) is 12.0 Å². The summed E-state index contributed by atoms with van der Waals surface area (Å²) in [6, 6.07) is 2.38. The highest BCUT2D eigenvalue weighted by Crippen LogP contribution is 2.30. The van der Waals surface area contributed by atoms with Gasteiger partial charge in [0.2, 0.25) is 0 Å². The number of nitrogens with one attached hydrogen (secondary N) is 1.